The highest BCUT2D eigenvalue weighted by molar-refractivity contribution is 7.92. The molecule has 128 valence electrons. The molecular weight excluding hydrogens is 331 g/mol. The first kappa shape index (κ1) is 17.9. The Morgan fingerprint density at radius 1 is 1.08 bits per heavy atom. The predicted molar refractivity (Wildman–Crippen MR) is 92.0 cm³/mol. The number of amides is 1. The summed E-state index contributed by atoms with van der Waals surface area (Å²) in [6, 6.07) is 9.51. The molecule has 0 aliphatic rings. The second kappa shape index (κ2) is 7.00. The van der Waals surface area contributed by atoms with E-state index in [1.807, 2.05) is 0 Å². The maximum absolute atomic E-state index is 13.5. The fourth-order valence-electron chi connectivity index (χ4n) is 2.10. The first-order chi connectivity index (χ1) is 11.2. The van der Waals surface area contributed by atoms with E-state index < -0.39 is 10.0 Å². The van der Waals surface area contributed by atoms with Crippen LogP contribution in [0.4, 0.5) is 10.1 Å². The second-order valence-corrected chi connectivity index (χ2v) is 7.42. The number of hydrogen-bond acceptors (Lipinski definition) is 3. The molecule has 24 heavy (non-hydrogen) atoms. The molecule has 0 atom stereocenters. The molecule has 0 unspecified atom stereocenters. The van der Waals surface area contributed by atoms with Gasteiger partial charge in [0.1, 0.15) is 5.82 Å². The van der Waals surface area contributed by atoms with Gasteiger partial charge in [0.05, 0.1) is 11.9 Å². The third-order valence-electron chi connectivity index (χ3n) is 3.48. The van der Waals surface area contributed by atoms with E-state index in [1.165, 1.54) is 12.1 Å². The van der Waals surface area contributed by atoms with Crippen LogP contribution in [0.3, 0.4) is 0 Å². The topological polar surface area (TPSA) is 75.3 Å². The highest BCUT2D eigenvalue weighted by Crippen LogP contribution is 2.18. The van der Waals surface area contributed by atoms with Crippen LogP contribution in [0.2, 0.25) is 0 Å². The van der Waals surface area contributed by atoms with Gasteiger partial charge in [-0.25, -0.2) is 12.8 Å². The van der Waals surface area contributed by atoms with Gasteiger partial charge in [0, 0.05) is 12.1 Å². The second-order valence-electron chi connectivity index (χ2n) is 5.67. The van der Waals surface area contributed by atoms with Gasteiger partial charge in [0.25, 0.3) is 5.91 Å². The fraction of sp³-hybridized carbons (Fsp3) is 0.235. The zero-order valence-electron chi connectivity index (χ0n) is 13.7. The third-order valence-corrected chi connectivity index (χ3v) is 4.08. The van der Waals surface area contributed by atoms with Gasteiger partial charge < -0.3 is 5.32 Å². The Balaban J connectivity index is 2.12. The zero-order chi connectivity index (χ0) is 17.9. The van der Waals surface area contributed by atoms with Gasteiger partial charge in [-0.15, -0.1) is 0 Å². The van der Waals surface area contributed by atoms with Gasteiger partial charge in [-0.2, -0.15) is 0 Å². The Kier molecular flexibility index (Phi) is 5.23. The van der Waals surface area contributed by atoms with Crippen LogP contribution >= 0.6 is 0 Å². The van der Waals surface area contributed by atoms with E-state index in [9.17, 15) is 17.6 Å². The number of hydrogen-bond donors (Lipinski definition) is 2. The van der Waals surface area contributed by atoms with Gasteiger partial charge in [-0.3, -0.25) is 9.52 Å². The molecule has 0 aliphatic heterocycles. The summed E-state index contributed by atoms with van der Waals surface area (Å²) in [4.78, 5) is 12.2. The molecule has 0 heterocycles. The Morgan fingerprint density at radius 2 is 1.75 bits per heavy atom. The maximum atomic E-state index is 13.5. The standard InChI is InChI=1S/C17H19FN2O3S/c1-11-4-6-13(8-15(11)18)10-19-17(21)14-7-5-12(2)16(9-14)20-24(3,22)23/h4-9,20H,10H2,1-3H3,(H,19,21). The van der Waals surface area contributed by atoms with Gasteiger partial charge in [0.2, 0.25) is 10.0 Å². The van der Waals surface area contributed by atoms with Crippen LogP contribution < -0.4 is 10.0 Å². The minimum Gasteiger partial charge on any atom is -0.348 e. The highest BCUT2D eigenvalue weighted by atomic mass is 32.2. The van der Waals surface area contributed by atoms with Gasteiger partial charge in [0.15, 0.2) is 0 Å². The van der Waals surface area contributed by atoms with Crippen molar-refractivity contribution in [2.75, 3.05) is 11.0 Å². The van der Waals surface area contributed by atoms with Crippen molar-refractivity contribution in [1.82, 2.24) is 5.32 Å². The molecule has 0 spiro atoms. The largest absolute Gasteiger partial charge is 0.348 e. The summed E-state index contributed by atoms with van der Waals surface area (Å²) in [5.41, 5.74) is 2.57. The monoisotopic (exact) mass is 350 g/mol. The molecule has 5 nitrogen and oxygen atoms in total. The number of nitrogens with one attached hydrogen (secondary N) is 2. The predicted octanol–water partition coefficient (Wildman–Crippen LogP) is 2.74. The summed E-state index contributed by atoms with van der Waals surface area (Å²) in [7, 11) is -3.43. The first-order valence-electron chi connectivity index (χ1n) is 7.27. The van der Waals surface area contributed by atoms with Crippen molar-refractivity contribution >= 4 is 21.6 Å². The van der Waals surface area contributed by atoms with Crippen LogP contribution in [0.1, 0.15) is 27.0 Å². The van der Waals surface area contributed by atoms with Crippen molar-refractivity contribution in [3.05, 3.63) is 64.5 Å². The van der Waals surface area contributed by atoms with E-state index >= 15 is 0 Å². The Labute approximate surface area is 141 Å². The average Bonchev–Trinajstić information content (AvgIpc) is 2.49. The van der Waals surface area contributed by atoms with Crippen molar-refractivity contribution < 1.29 is 17.6 Å². The van der Waals surface area contributed by atoms with E-state index in [0.717, 1.165) is 6.26 Å². The van der Waals surface area contributed by atoms with Crippen LogP contribution in [-0.4, -0.2) is 20.6 Å². The number of anilines is 1. The lowest BCUT2D eigenvalue weighted by atomic mass is 10.1. The molecule has 7 heteroatoms. The first-order valence-corrected chi connectivity index (χ1v) is 9.16. The van der Waals surface area contributed by atoms with Crippen molar-refractivity contribution in [3.63, 3.8) is 0 Å². The molecule has 0 bridgehead atoms. The van der Waals surface area contributed by atoms with E-state index in [0.29, 0.717) is 27.9 Å². The van der Waals surface area contributed by atoms with Gasteiger partial charge in [-0.05, 0) is 48.7 Å². The molecule has 0 aliphatic carbocycles. The number of sulfonamides is 1. The lowest BCUT2D eigenvalue weighted by molar-refractivity contribution is 0.0951. The highest BCUT2D eigenvalue weighted by Gasteiger charge is 2.11. The Morgan fingerprint density at radius 3 is 2.38 bits per heavy atom. The van der Waals surface area contributed by atoms with E-state index in [2.05, 4.69) is 10.0 Å². The number of carbonyl (C=O) groups excluding carboxylic acids is 1. The molecule has 0 fully saturated rings. The summed E-state index contributed by atoms with van der Waals surface area (Å²) < 4.78 is 38.6. The summed E-state index contributed by atoms with van der Waals surface area (Å²) >= 11 is 0. The van der Waals surface area contributed by atoms with Crippen molar-refractivity contribution in [1.29, 1.82) is 0 Å². The zero-order valence-corrected chi connectivity index (χ0v) is 14.5. The van der Waals surface area contributed by atoms with Crippen LogP contribution in [0.15, 0.2) is 36.4 Å². The fourth-order valence-corrected chi connectivity index (χ4v) is 2.72. The minimum absolute atomic E-state index is 0.179. The number of benzene rings is 2. The van der Waals surface area contributed by atoms with Crippen LogP contribution in [0.5, 0.6) is 0 Å². The van der Waals surface area contributed by atoms with Crippen molar-refractivity contribution in [3.8, 4) is 0 Å². The molecule has 0 radical (unpaired) electrons. The summed E-state index contributed by atoms with van der Waals surface area (Å²) in [6.07, 6.45) is 1.05. The average molecular weight is 350 g/mol. The summed E-state index contributed by atoms with van der Waals surface area (Å²) in [5.74, 6) is -0.691. The van der Waals surface area contributed by atoms with Crippen molar-refractivity contribution in [2.45, 2.75) is 20.4 Å². The quantitative estimate of drug-likeness (QED) is 0.871. The Hall–Kier alpha value is -2.41. The lowest BCUT2D eigenvalue weighted by Gasteiger charge is -2.11. The number of rotatable bonds is 5. The molecule has 1 amide bonds. The third kappa shape index (κ3) is 4.79. The minimum atomic E-state index is -3.43. The molecule has 2 aromatic carbocycles. The SMILES string of the molecule is Cc1ccc(CNC(=O)c2ccc(C)c(NS(C)(=O)=O)c2)cc1F. The van der Waals surface area contributed by atoms with E-state index in [-0.39, 0.29) is 18.3 Å². The van der Waals surface area contributed by atoms with E-state index in [4.69, 9.17) is 0 Å². The molecule has 2 N–H and O–H groups in total. The molecule has 0 aromatic heterocycles. The molecule has 2 aromatic rings. The van der Waals surface area contributed by atoms with Crippen LogP contribution in [-0.2, 0) is 16.6 Å². The van der Waals surface area contributed by atoms with E-state index in [1.54, 1.807) is 38.1 Å². The summed E-state index contributed by atoms with van der Waals surface area (Å²) in [5, 5.41) is 2.69. The Bertz CT molecular complexity index is 879. The molecule has 2 rings (SSSR count). The van der Waals surface area contributed by atoms with Crippen molar-refractivity contribution in [2.24, 2.45) is 0 Å². The number of halogens is 1. The van der Waals surface area contributed by atoms with Gasteiger partial charge in [-0.1, -0.05) is 18.2 Å². The molecular formula is C17H19FN2O3S. The van der Waals surface area contributed by atoms with Crippen LogP contribution in [0, 0.1) is 19.7 Å². The van der Waals surface area contributed by atoms with Crippen LogP contribution in [0.25, 0.3) is 0 Å². The van der Waals surface area contributed by atoms with Gasteiger partial charge >= 0.3 is 0 Å². The lowest BCUT2D eigenvalue weighted by Crippen LogP contribution is -2.23. The number of aryl methyl sites for hydroxylation is 2. The number of carbonyl (C=O) groups is 1. The molecule has 0 saturated carbocycles. The normalized spacial score (nSPS) is 11.2. The maximum Gasteiger partial charge on any atom is 0.251 e. The molecule has 0 saturated heterocycles. The summed E-state index contributed by atoms with van der Waals surface area (Å²) in [6.45, 7) is 3.59. The smallest absolute Gasteiger partial charge is 0.251 e.